The molecule has 2 fully saturated rings. The molecule has 0 amide bonds. The SMILES string of the molecule is CC1(C)CNC(C2CCCCO2)OC1.Cl. The molecule has 0 spiro atoms. The lowest BCUT2D eigenvalue weighted by atomic mass is 9.93. The van der Waals surface area contributed by atoms with Gasteiger partial charge in [0.2, 0.25) is 0 Å². The highest BCUT2D eigenvalue weighted by atomic mass is 35.5. The lowest BCUT2D eigenvalue weighted by molar-refractivity contribution is -0.142. The van der Waals surface area contributed by atoms with Crippen LogP contribution in [0.25, 0.3) is 0 Å². The third-order valence-electron chi connectivity index (χ3n) is 2.99. The highest BCUT2D eigenvalue weighted by Gasteiger charge is 2.32. The van der Waals surface area contributed by atoms with E-state index in [9.17, 15) is 0 Å². The fourth-order valence-electron chi connectivity index (χ4n) is 2.05. The molecule has 4 heteroatoms. The maximum absolute atomic E-state index is 5.80. The second-order valence-corrected chi connectivity index (χ2v) is 5.18. The molecule has 0 aromatic carbocycles. The van der Waals surface area contributed by atoms with Crippen LogP contribution < -0.4 is 5.32 Å². The average molecular weight is 236 g/mol. The zero-order valence-electron chi connectivity index (χ0n) is 9.62. The van der Waals surface area contributed by atoms with E-state index >= 15 is 0 Å². The molecule has 0 aliphatic carbocycles. The van der Waals surface area contributed by atoms with Gasteiger partial charge in [0.1, 0.15) is 6.23 Å². The highest BCUT2D eigenvalue weighted by Crippen LogP contribution is 2.24. The molecule has 1 N–H and O–H groups in total. The summed E-state index contributed by atoms with van der Waals surface area (Å²) < 4.78 is 11.5. The van der Waals surface area contributed by atoms with Crippen LogP contribution in [0.15, 0.2) is 0 Å². The summed E-state index contributed by atoms with van der Waals surface area (Å²) in [6.45, 7) is 7.20. The molecular formula is C11H22ClNO2. The molecule has 0 aromatic rings. The Kier molecular flexibility index (Phi) is 4.84. The number of rotatable bonds is 1. The summed E-state index contributed by atoms with van der Waals surface area (Å²) in [5.74, 6) is 0. The van der Waals surface area contributed by atoms with Gasteiger partial charge in [0.15, 0.2) is 0 Å². The highest BCUT2D eigenvalue weighted by molar-refractivity contribution is 5.85. The van der Waals surface area contributed by atoms with E-state index in [2.05, 4.69) is 19.2 Å². The maximum atomic E-state index is 5.80. The predicted molar refractivity (Wildman–Crippen MR) is 62.4 cm³/mol. The fraction of sp³-hybridized carbons (Fsp3) is 1.00. The van der Waals surface area contributed by atoms with Crippen molar-refractivity contribution < 1.29 is 9.47 Å². The van der Waals surface area contributed by atoms with E-state index in [4.69, 9.17) is 9.47 Å². The summed E-state index contributed by atoms with van der Waals surface area (Å²) in [6.07, 6.45) is 4.02. The van der Waals surface area contributed by atoms with E-state index in [-0.39, 0.29) is 30.2 Å². The van der Waals surface area contributed by atoms with Crippen molar-refractivity contribution in [1.82, 2.24) is 5.32 Å². The second-order valence-electron chi connectivity index (χ2n) is 5.18. The van der Waals surface area contributed by atoms with Gasteiger partial charge in [-0.3, -0.25) is 5.32 Å². The Hall–Kier alpha value is 0.170. The smallest absolute Gasteiger partial charge is 0.134 e. The zero-order chi connectivity index (χ0) is 10.0. The number of ether oxygens (including phenoxy) is 2. The van der Waals surface area contributed by atoms with Crippen LogP contribution in [-0.4, -0.2) is 32.1 Å². The molecule has 2 saturated heterocycles. The summed E-state index contributed by atoms with van der Waals surface area (Å²) >= 11 is 0. The van der Waals surface area contributed by atoms with E-state index in [1.807, 2.05) is 0 Å². The quantitative estimate of drug-likeness (QED) is 0.754. The van der Waals surface area contributed by atoms with Gasteiger partial charge in [-0.2, -0.15) is 0 Å². The van der Waals surface area contributed by atoms with E-state index in [1.165, 1.54) is 12.8 Å². The minimum absolute atomic E-state index is 0. The van der Waals surface area contributed by atoms with Crippen molar-refractivity contribution in [3.63, 3.8) is 0 Å². The van der Waals surface area contributed by atoms with Gasteiger partial charge >= 0.3 is 0 Å². The van der Waals surface area contributed by atoms with Crippen LogP contribution in [0.4, 0.5) is 0 Å². The van der Waals surface area contributed by atoms with Crippen LogP contribution >= 0.6 is 12.4 Å². The van der Waals surface area contributed by atoms with Gasteiger partial charge in [-0.15, -0.1) is 12.4 Å². The Morgan fingerprint density at radius 3 is 2.53 bits per heavy atom. The maximum Gasteiger partial charge on any atom is 0.134 e. The minimum Gasteiger partial charge on any atom is -0.374 e. The van der Waals surface area contributed by atoms with Crippen LogP contribution in [0.5, 0.6) is 0 Å². The summed E-state index contributed by atoms with van der Waals surface area (Å²) in [4.78, 5) is 0. The molecule has 2 aliphatic heterocycles. The minimum atomic E-state index is 0. The fourth-order valence-corrected chi connectivity index (χ4v) is 2.05. The third-order valence-corrected chi connectivity index (χ3v) is 2.99. The number of hydrogen-bond donors (Lipinski definition) is 1. The van der Waals surface area contributed by atoms with Gasteiger partial charge in [-0.05, 0) is 19.3 Å². The average Bonchev–Trinajstić information content (AvgIpc) is 2.19. The van der Waals surface area contributed by atoms with Crippen molar-refractivity contribution in [2.45, 2.75) is 45.4 Å². The molecule has 2 unspecified atom stereocenters. The van der Waals surface area contributed by atoms with E-state index in [1.54, 1.807) is 0 Å². The first-order valence-electron chi connectivity index (χ1n) is 5.64. The first-order chi connectivity index (χ1) is 6.67. The second kappa shape index (κ2) is 5.48. The number of halogens is 1. The molecule has 2 aliphatic rings. The van der Waals surface area contributed by atoms with Crippen LogP contribution in [0.3, 0.4) is 0 Å². The van der Waals surface area contributed by atoms with Crippen molar-refractivity contribution in [3.05, 3.63) is 0 Å². The molecule has 90 valence electrons. The Morgan fingerprint density at radius 2 is 2.00 bits per heavy atom. The number of hydrogen-bond acceptors (Lipinski definition) is 3. The molecule has 15 heavy (non-hydrogen) atoms. The molecule has 2 atom stereocenters. The normalized spacial score (nSPS) is 35.6. The molecule has 0 aromatic heterocycles. The van der Waals surface area contributed by atoms with Crippen LogP contribution in [0.2, 0.25) is 0 Å². The molecule has 0 saturated carbocycles. The Balaban J connectivity index is 0.00000112. The molecule has 0 bridgehead atoms. The third kappa shape index (κ3) is 3.59. The standard InChI is InChI=1S/C11H21NO2.ClH/c1-11(2)7-12-10(14-8-11)9-5-3-4-6-13-9;/h9-10,12H,3-8H2,1-2H3;1H. The molecule has 0 radical (unpaired) electrons. The summed E-state index contributed by atoms with van der Waals surface area (Å²) in [5.41, 5.74) is 0.269. The van der Waals surface area contributed by atoms with Crippen molar-refractivity contribution in [2.75, 3.05) is 19.8 Å². The van der Waals surface area contributed by atoms with Gasteiger partial charge in [-0.25, -0.2) is 0 Å². The lowest BCUT2D eigenvalue weighted by Gasteiger charge is -2.39. The Labute approximate surface area is 98.3 Å². The van der Waals surface area contributed by atoms with Crippen molar-refractivity contribution in [1.29, 1.82) is 0 Å². The van der Waals surface area contributed by atoms with Gasteiger partial charge in [0.05, 0.1) is 12.7 Å². The van der Waals surface area contributed by atoms with Gasteiger partial charge in [-0.1, -0.05) is 13.8 Å². The van der Waals surface area contributed by atoms with Crippen molar-refractivity contribution in [2.24, 2.45) is 5.41 Å². The van der Waals surface area contributed by atoms with Gasteiger partial charge in [0.25, 0.3) is 0 Å². The van der Waals surface area contributed by atoms with Crippen molar-refractivity contribution >= 4 is 12.4 Å². The predicted octanol–water partition coefficient (Wildman–Crippen LogP) is 1.95. The summed E-state index contributed by atoms with van der Waals surface area (Å²) in [7, 11) is 0. The molecule has 3 nitrogen and oxygen atoms in total. The van der Waals surface area contributed by atoms with E-state index < -0.39 is 0 Å². The molecule has 2 rings (SSSR count). The largest absolute Gasteiger partial charge is 0.374 e. The first kappa shape index (κ1) is 13.2. The van der Waals surface area contributed by atoms with Crippen LogP contribution in [0.1, 0.15) is 33.1 Å². The number of nitrogens with one attached hydrogen (secondary N) is 1. The monoisotopic (exact) mass is 235 g/mol. The summed E-state index contributed by atoms with van der Waals surface area (Å²) in [5, 5.41) is 3.43. The summed E-state index contributed by atoms with van der Waals surface area (Å²) in [6, 6.07) is 0. The van der Waals surface area contributed by atoms with E-state index in [0.29, 0.717) is 0 Å². The van der Waals surface area contributed by atoms with Crippen molar-refractivity contribution in [3.8, 4) is 0 Å². The topological polar surface area (TPSA) is 30.5 Å². The Morgan fingerprint density at radius 1 is 1.20 bits per heavy atom. The molecule has 2 heterocycles. The molecular weight excluding hydrogens is 214 g/mol. The van der Waals surface area contributed by atoms with Crippen LogP contribution in [0, 0.1) is 5.41 Å². The van der Waals surface area contributed by atoms with Crippen LogP contribution in [-0.2, 0) is 9.47 Å². The van der Waals surface area contributed by atoms with Gasteiger partial charge < -0.3 is 9.47 Å². The first-order valence-corrected chi connectivity index (χ1v) is 5.64. The lowest BCUT2D eigenvalue weighted by Crippen LogP contribution is -2.54. The van der Waals surface area contributed by atoms with E-state index in [0.717, 1.165) is 26.2 Å². The Bertz CT molecular complexity index is 183. The zero-order valence-corrected chi connectivity index (χ0v) is 10.4. The van der Waals surface area contributed by atoms with Gasteiger partial charge in [0, 0.05) is 18.6 Å².